The highest BCUT2D eigenvalue weighted by atomic mass is 16.6. The second-order valence-electron chi connectivity index (χ2n) is 7.37. The van der Waals surface area contributed by atoms with E-state index in [-0.39, 0.29) is 11.6 Å². The van der Waals surface area contributed by atoms with Crippen molar-refractivity contribution in [1.82, 2.24) is 5.32 Å². The van der Waals surface area contributed by atoms with Crippen LogP contribution in [0.2, 0.25) is 0 Å². The third kappa shape index (κ3) is 5.80. The number of hydrogen-bond acceptors (Lipinski definition) is 6. The first-order chi connectivity index (χ1) is 14.0. The summed E-state index contributed by atoms with van der Waals surface area (Å²) in [5.74, 6) is 1.11. The van der Waals surface area contributed by atoms with Gasteiger partial charge >= 0.3 is 0 Å². The topological polar surface area (TPSA) is 97.8 Å². The molecule has 1 aliphatic heterocycles. The van der Waals surface area contributed by atoms with Crippen LogP contribution in [0.4, 0.5) is 11.4 Å². The fourth-order valence-electron chi connectivity index (χ4n) is 3.38. The van der Waals surface area contributed by atoms with Crippen molar-refractivity contribution in [3.05, 3.63) is 58.0 Å². The lowest BCUT2D eigenvalue weighted by atomic mass is 9.98. The highest BCUT2D eigenvalue weighted by Crippen LogP contribution is 2.29. The molecule has 1 saturated heterocycles. The smallest absolute Gasteiger partial charge is 0.270 e. The SMILES string of the molecule is CC1CCN(c2ccc([N+](=O)[O-])cc2C(=O)NCCCOCc2ccco2)CC1. The van der Waals surface area contributed by atoms with Gasteiger partial charge in [0, 0.05) is 38.4 Å². The zero-order chi connectivity index (χ0) is 20.6. The maximum Gasteiger partial charge on any atom is 0.270 e. The molecule has 0 aliphatic carbocycles. The normalized spacial score (nSPS) is 14.7. The minimum absolute atomic E-state index is 0.0777. The predicted octanol–water partition coefficient (Wildman–Crippen LogP) is 3.76. The Morgan fingerprint density at radius 2 is 2.14 bits per heavy atom. The van der Waals surface area contributed by atoms with E-state index in [1.54, 1.807) is 18.4 Å². The van der Waals surface area contributed by atoms with Crippen molar-refractivity contribution in [2.75, 3.05) is 31.1 Å². The Balaban J connectivity index is 1.56. The summed E-state index contributed by atoms with van der Waals surface area (Å²) in [4.78, 5) is 25.6. The summed E-state index contributed by atoms with van der Waals surface area (Å²) >= 11 is 0. The first-order valence-electron chi connectivity index (χ1n) is 9.96. The molecule has 156 valence electrons. The van der Waals surface area contributed by atoms with Crippen molar-refractivity contribution in [2.45, 2.75) is 32.8 Å². The second kappa shape index (κ2) is 10.1. The van der Waals surface area contributed by atoms with E-state index in [1.165, 1.54) is 12.1 Å². The quantitative estimate of drug-likeness (QED) is 0.390. The maximum atomic E-state index is 12.8. The zero-order valence-corrected chi connectivity index (χ0v) is 16.6. The summed E-state index contributed by atoms with van der Waals surface area (Å²) in [5.41, 5.74) is 1.03. The lowest BCUT2D eigenvalue weighted by molar-refractivity contribution is -0.384. The van der Waals surface area contributed by atoms with Crippen LogP contribution in [-0.2, 0) is 11.3 Å². The summed E-state index contributed by atoms with van der Waals surface area (Å²) in [6, 6.07) is 8.17. The summed E-state index contributed by atoms with van der Waals surface area (Å²) in [6.07, 6.45) is 4.33. The van der Waals surface area contributed by atoms with Gasteiger partial charge in [-0.15, -0.1) is 0 Å². The lowest BCUT2D eigenvalue weighted by Gasteiger charge is -2.33. The molecular weight excluding hydrogens is 374 g/mol. The van der Waals surface area contributed by atoms with Gasteiger partial charge in [0.15, 0.2) is 0 Å². The number of ether oxygens (including phenoxy) is 1. The van der Waals surface area contributed by atoms with Crippen LogP contribution >= 0.6 is 0 Å². The van der Waals surface area contributed by atoms with Gasteiger partial charge in [-0.25, -0.2) is 0 Å². The van der Waals surface area contributed by atoms with Gasteiger partial charge in [-0.3, -0.25) is 14.9 Å². The van der Waals surface area contributed by atoms with Gasteiger partial charge in [0.2, 0.25) is 0 Å². The number of amides is 1. The molecule has 0 unspecified atom stereocenters. The summed E-state index contributed by atoms with van der Waals surface area (Å²) in [7, 11) is 0. The molecule has 1 fully saturated rings. The Morgan fingerprint density at radius 3 is 2.83 bits per heavy atom. The van der Waals surface area contributed by atoms with Crippen LogP contribution in [0.25, 0.3) is 0 Å². The summed E-state index contributed by atoms with van der Waals surface area (Å²) in [6.45, 7) is 5.21. The number of nitro benzene ring substituents is 1. The van der Waals surface area contributed by atoms with Crippen LogP contribution in [-0.4, -0.2) is 37.1 Å². The standard InChI is InChI=1S/C21H27N3O5/c1-16-7-10-23(11-8-16)20-6-5-17(24(26)27)14-19(20)21(25)22-9-3-12-28-15-18-4-2-13-29-18/h2,4-6,13-14,16H,3,7-12,15H2,1H3,(H,22,25). The number of carbonyl (C=O) groups excluding carboxylic acids is 1. The summed E-state index contributed by atoms with van der Waals surface area (Å²) < 4.78 is 10.7. The van der Waals surface area contributed by atoms with E-state index in [0.717, 1.165) is 37.4 Å². The molecule has 1 amide bonds. The average Bonchev–Trinajstić information content (AvgIpc) is 3.24. The van der Waals surface area contributed by atoms with Crippen molar-refractivity contribution >= 4 is 17.3 Å². The Bertz CT molecular complexity index is 814. The van der Waals surface area contributed by atoms with Crippen molar-refractivity contribution in [1.29, 1.82) is 0 Å². The molecule has 8 heteroatoms. The van der Waals surface area contributed by atoms with Gasteiger partial charge in [0.1, 0.15) is 12.4 Å². The highest BCUT2D eigenvalue weighted by molar-refractivity contribution is 6.00. The van der Waals surface area contributed by atoms with Crippen LogP contribution in [0.3, 0.4) is 0 Å². The Hall–Kier alpha value is -2.87. The number of rotatable bonds is 9. The number of nitro groups is 1. The van der Waals surface area contributed by atoms with Crippen molar-refractivity contribution in [3.8, 4) is 0 Å². The van der Waals surface area contributed by atoms with E-state index in [9.17, 15) is 14.9 Å². The minimum Gasteiger partial charge on any atom is -0.467 e. The molecular formula is C21H27N3O5. The van der Waals surface area contributed by atoms with Gasteiger partial charge in [0.25, 0.3) is 11.6 Å². The molecule has 8 nitrogen and oxygen atoms in total. The number of carbonyl (C=O) groups is 1. The van der Waals surface area contributed by atoms with Crippen LogP contribution in [0, 0.1) is 16.0 Å². The fourth-order valence-corrected chi connectivity index (χ4v) is 3.38. The van der Waals surface area contributed by atoms with Crippen molar-refractivity contribution in [2.24, 2.45) is 5.92 Å². The fraction of sp³-hybridized carbons (Fsp3) is 0.476. The molecule has 1 aliphatic rings. The zero-order valence-electron chi connectivity index (χ0n) is 16.6. The number of nitrogens with zero attached hydrogens (tertiary/aromatic N) is 2. The monoisotopic (exact) mass is 401 g/mol. The number of nitrogens with one attached hydrogen (secondary N) is 1. The average molecular weight is 401 g/mol. The molecule has 1 N–H and O–H groups in total. The maximum absolute atomic E-state index is 12.8. The Morgan fingerprint density at radius 1 is 1.34 bits per heavy atom. The number of hydrogen-bond donors (Lipinski definition) is 1. The lowest BCUT2D eigenvalue weighted by Crippen LogP contribution is -2.35. The number of benzene rings is 1. The van der Waals surface area contributed by atoms with Crippen LogP contribution < -0.4 is 10.2 Å². The first-order valence-corrected chi connectivity index (χ1v) is 9.96. The molecule has 2 heterocycles. The highest BCUT2D eigenvalue weighted by Gasteiger charge is 2.23. The van der Waals surface area contributed by atoms with Crippen LogP contribution in [0.1, 0.15) is 42.3 Å². The van der Waals surface area contributed by atoms with Gasteiger partial charge in [-0.2, -0.15) is 0 Å². The molecule has 0 spiro atoms. The molecule has 3 rings (SSSR count). The number of non-ortho nitro benzene ring substituents is 1. The molecule has 0 bridgehead atoms. The van der Waals surface area contributed by atoms with Crippen LogP contribution in [0.15, 0.2) is 41.0 Å². The van der Waals surface area contributed by atoms with E-state index in [1.807, 2.05) is 6.07 Å². The Labute approximate surface area is 170 Å². The number of furan rings is 1. The molecule has 29 heavy (non-hydrogen) atoms. The first kappa shape index (κ1) is 20.9. The molecule has 0 saturated carbocycles. The second-order valence-corrected chi connectivity index (χ2v) is 7.37. The van der Waals surface area contributed by atoms with Crippen molar-refractivity contribution in [3.63, 3.8) is 0 Å². The van der Waals surface area contributed by atoms with E-state index in [0.29, 0.717) is 37.7 Å². The van der Waals surface area contributed by atoms with Gasteiger partial charge in [0.05, 0.1) is 22.4 Å². The Kier molecular flexibility index (Phi) is 7.24. The molecule has 1 aromatic carbocycles. The number of piperidine rings is 1. The van der Waals surface area contributed by atoms with Crippen molar-refractivity contribution < 1.29 is 18.9 Å². The van der Waals surface area contributed by atoms with Gasteiger partial charge in [-0.05, 0) is 43.4 Å². The molecule has 2 aromatic rings. The number of anilines is 1. The minimum atomic E-state index is -0.471. The van der Waals surface area contributed by atoms with Crippen LogP contribution in [0.5, 0.6) is 0 Å². The van der Waals surface area contributed by atoms with Gasteiger partial charge in [-0.1, -0.05) is 6.92 Å². The largest absolute Gasteiger partial charge is 0.467 e. The van der Waals surface area contributed by atoms with E-state index in [2.05, 4.69) is 17.1 Å². The van der Waals surface area contributed by atoms with E-state index < -0.39 is 4.92 Å². The van der Waals surface area contributed by atoms with Gasteiger partial charge < -0.3 is 19.4 Å². The summed E-state index contributed by atoms with van der Waals surface area (Å²) in [5, 5.41) is 14.0. The molecule has 0 atom stereocenters. The molecule has 0 radical (unpaired) electrons. The third-order valence-corrected chi connectivity index (χ3v) is 5.14. The predicted molar refractivity (Wildman–Crippen MR) is 109 cm³/mol. The third-order valence-electron chi connectivity index (χ3n) is 5.14. The van der Waals surface area contributed by atoms with E-state index in [4.69, 9.17) is 9.15 Å². The van der Waals surface area contributed by atoms with E-state index >= 15 is 0 Å². The molecule has 1 aromatic heterocycles.